The van der Waals surface area contributed by atoms with E-state index < -0.39 is 17.2 Å². The Balaban J connectivity index is 2.44. The van der Waals surface area contributed by atoms with Crippen molar-refractivity contribution in [2.45, 2.75) is 12.5 Å². The van der Waals surface area contributed by atoms with Crippen LogP contribution in [0.5, 0.6) is 0 Å². The molecule has 3 heteroatoms. The van der Waals surface area contributed by atoms with Gasteiger partial charge in [0.25, 0.3) is 0 Å². The molecular formula is C16H12F2O. The molecule has 2 aromatic rings. The SMILES string of the molecule is C#CC(C)(O)c1ccc(-c2cc(F)ccc2F)cc1. The van der Waals surface area contributed by atoms with Crippen LogP contribution in [-0.4, -0.2) is 5.11 Å². The van der Waals surface area contributed by atoms with Gasteiger partial charge in [-0.25, -0.2) is 8.78 Å². The average Bonchev–Trinajstić information content (AvgIpc) is 2.42. The lowest BCUT2D eigenvalue weighted by Crippen LogP contribution is -2.17. The minimum absolute atomic E-state index is 0.173. The second-order valence-corrected chi connectivity index (χ2v) is 4.42. The van der Waals surface area contributed by atoms with Gasteiger partial charge in [-0.3, -0.25) is 0 Å². The van der Waals surface area contributed by atoms with Gasteiger partial charge in [-0.2, -0.15) is 0 Å². The van der Waals surface area contributed by atoms with Crippen LogP contribution in [0.4, 0.5) is 8.78 Å². The molecule has 0 aromatic heterocycles. The first-order chi connectivity index (χ1) is 8.94. The molecule has 2 aromatic carbocycles. The molecule has 0 fully saturated rings. The molecule has 0 saturated carbocycles. The highest BCUT2D eigenvalue weighted by Crippen LogP contribution is 2.27. The summed E-state index contributed by atoms with van der Waals surface area (Å²) in [6.07, 6.45) is 5.22. The van der Waals surface area contributed by atoms with Gasteiger partial charge in [0.05, 0.1) is 0 Å². The van der Waals surface area contributed by atoms with Crippen LogP contribution in [0.15, 0.2) is 42.5 Å². The Labute approximate surface area is 110 Å². The minimum atomic E-state index is -1.38. The third-order valence-electron chi connectivity index (χ3n) is 2.97. The fraction of sp³-hybridized carbons (Fsp3) is 0.125. The van der Waals surface area contributed by atoms with Crippen molar-refractivity contribution in [2.24, 2.45) is 0 Å². The number of hydrogen-bond acceptors (Lipinski definition) is 1. The second-order valence-electron chi connectivity index (χ2n) is 4.42. The molecule has 96 valence electrons. The van der Waals surface area contributed by atoms with E-state index in [2.05, 4.69) is 5.92 Å². The van der Waals surface area contributed by atoms with E-state index in [0.717, 1.165) is 18.2 Å². The molecule has 0 aliphatic carbocycles. The van der Waals surface area contributed by atoms with Crippen LogP contribution in [-0.2, 0) is 5.60 Å². The molecule has 2 rings (SSSR count). The number of rotatable bonds is 2. The maximum atomic E-state index is 13.6. The maximum Gasteiger partial charge on any atom is 0.147 e. The minimum Gasteiger partial charge on any atom is -0.374 e. The first-order valence-electron chi connectivity index (χ1n) is 5.70. The molecule has 0 radical (unpaired) electrons. The normalized spacial score (nSPS) is 13.6. The van der Waals surface area contributed by atoms with Gasteiger partial charge in [-0.15, -0.1) is 6.42 Å². The second kappa shape index (κ2) is 4.83. The highest BCUT2D eigenvalue weighted by molar-refractivity contribution is 5.64. The molecule has 1 unspecified atom stereocenters. The Bertz CT molecular complexity index is 637. The van der Waals surface area contributed by atoms with Crippen LogP contribution in [0.25, 0.3) is 11.1 Å². The molecule has 0 saturated heterocycles. The summed E-state index contributed by atoms with van der Waals surface area (Å²) in [4.78, 5) is 0. The zero-order valence-corrected chi connectivity index (χ0v) is 10.3. The Morgan fingerprint density at radius 2 is 1.74 bits per heavy atom. The Kier molecular flexibility index (Phi) is 3.37. The molecule has 0 aliphatic rings. The van der Waals surface area contributed by atoms with Crippen molar-refractivity contribution in [3.63, 3.8) is 0 Å². The Morgan fingerprint density at radius 1 is 1.11 bits per heavy atom. The van der Waals surface area contributed by atoms with Gasteiger partial charge in [-0.05, 0) is 36.2 Å². The average molecular weight is 258 g/mol. The van der Waals surface area contributed by atoms with Crippen molar-refractivity contribution in [2.75, 3.05) is 0 Å². The lowest BCUT2D eigenvalue weighted by molar-refractivity contribution is 0.122. The standard InChI is InChI=1S/C16H12F2O/c1-3-16(2,19)12-6-4-11(5-7-12)14-10-13(17)8-9-15(14)18/h1,4-10,19H,2H3. The van der Waals surface area contributed by atoms with Crippen LogP contribution in [0, 0.1) is 24.0 Å². The fourth-order valence-electron chi connectivity index (χ4n) is 1.78. The molecule has 0 spiro atoms. The van der Waals surface area contributed by atoms with E-state index in [1.54, 1.807) is 24.3 Å². The number of aliphatic hydroxyl groups is 1. The zero-order valence-electron chi connectivity index (χ0n) is 10.3. The first-order valence-corrected chi connectivity index (χ1v) is 5.70. The molecule has 0 bridgehead atoms. The van der Waals surface area contributed by atoms with E-state index in [-0.39, 0.29) is 5.56 Å². The highest BCUT2D eigenvalue weighted by atomic mass is 19.1. The predicted octanol–water partition coefficient (Wildman–Crippen LogP) is 3.47. The van der Waals surface area contributed by atoms with Crippen molar-refractivity contribution in [3.05, 3.63) is 59.7 Å². The number of benzene rings is 2. The van der Waals surface area contributed by atoms with Crippen LogP contribution in [0.2, 0.25) is 0 Å². The van der Waals surface area contributed by atoms with Gasteiger partial charge >= 0.3 is 0 Å². The molecule has 1 atom stereocenters. The van der Waals surface area contributed by atoms with Crippen molar-refractivity contribution < 1.29 is 13.9 Å². The van der Waals surface area contributed by atoms with Crippen LogP contribution in [0.3, 0.4) is 0 Å². The van der Waals surface area contributed by atoms with Crippen molar-refractivity contribution in [1.82, 2.24) is 0 Å². The number of halogens is 2. The van der Waals surface area contributed by atoms with Gasteiger partial charge in [0.1, 0.15) is 17.2 Å². The molecular weight excluding hydrogens is 246 g/mol. The third kappa shape index (κ3) is 2.64. The summed E-state index contributed by atoms with van der Waals surface area (Å²) in [7, 11) is 0. The van der Waals surface area contributed by atoms with Gasteiger partial charge in [0.2, 0.25) is 0 Å². The van der Waals surface area contributed by atoms with Gasteiger partial charge < -0.3 is 5.11 Å². The smallest absolute Gasteiger partial charge is 0.147 e. The van der Waals surface area contributed by atoms with E-state index in [4.69, 9.17) is 6.42 Å². The van der Waals surface area contributed by atoms with Gasteiger partial charge in [0.15, 0.2) is 0 Å². The van der Waals surface area contributed by atoms with E-state index in [9.17, 15) is 13.9 Å². The summed E-state index contributed by atoms with van der Waals surface area (Å²) in [5.41, 5.74) is -0.157. The molecule has 0 heterocycles. The summed E-state index contributed by atoms with van der Waals surface area (Å²) < 4.78 is 26.7. The number of hydrogen-bond donors (Lipinski definition) is 1. The van der Waals surface area contributed by atoms with Gasteiger partial charge in [-0.1, -0.05) is 30.2 Å². The lowest BCUT2D eigenvalue weighted by Gasteiger charge is -2.17. The van der Waals surface area contributed by atoms with Crippen molar-refractivity contribution >= 4 is 0 Å². The zero-order chi connectivity index (χ0) is 14.0. The largest absolute Gasteiger partial charge is 0.374 e. The highest BCUT2D eigenvalue weighted by Gasteiger charge is 2.19. The molecule has 0 amide bonds. The fourth-order valence-corrected chi connectivity index (χ4v) is 1.78. The first kappa shape index (κ1) is 13.3. The summed E-state index contributed by atoms with van der Waals surface area (Å²) in [6, 6.07) is 9.66. The third-order valence-corrected chi connectivity index (χ3v) is 2.97. The van der Waals surface area contributed by atoms with Crippen LogP contribution < -0.4 is 0 Å². The van der Waals surface area contributed by atoms with E-state index in [1.807, 2.05) is 0 Å². The number of terminal acetylenes is 1. The monoisotopic (exact) mass is 258 g/mol. The van der Waals surface area contributed by atoms with Gasteiger partial charge in [0, 0.05) is 5.56 Å². The van der Waals surface area contributed by atoms with Crippen molar-refractivity contribution in [3.8, 4) is 23.5 Å². The van der Waals surface area contributed by atoms with Crippen LogP contribution >= 0.6 is 0 Å². The Hall–Kier alpha value is -2.18. The van der Waals surface area contributed by atoms with E-state index in [1.165, 1.54) is 6.92 Å². The predicted molar refractivity (Wildman–Crippen MR) is 70.2 cm³/mol. The van der Waals surface area contributed by atoms with E-state index >= 15 is 0 Å². The quantitative estimate of drug-likeness (QED) is 0.818. The maximum absolute atomic E-state index is 13.6. The lowest BCUT2D eigenvalue weighted by atomic mass is 9.94. The summed E-state index contributed by atoms with van der Waals surface area (Å²) in [5.74, 6) is 1.25. The summed E-state index contributed by atoms with van der Waals surface area (Å²) in [6.45, 7) is 1.49. The Morgan fingerprint density at radius 3 is 2.32 bits per heavy atom. The van der Waals surface area contributed by atoms with Crippen molar-refractivity contribution in [1.29, 1.82) is 0 Å². The molecule has 1 nitrogen and oxygen atoms in total. The molecule has 19 heavy (non-hydrogen) atoms. The van der Waals surface area contributed by atoms with Crippen LogP contribution in [0.1, 0.15) is 12.5 Å². The topological polar surface area (TPSA) is 20.2 Å². The van der Waals surface area contributed by atoms with E-state index in [0.29, 0.717) is 11.1 Å². The molecule has 0 aliphatic heterocycles. The summed E-state index contributed by atoms with van der Waals surface area (Å²) in [5, 5.41) is 9.88. The molecule has 1 N–H and O–H groups in total. The summed E-state index contributed by atoms with van der Waals surface area (Å²) >= 11 is 0.